The molecule has 1 saturated heterocycles. The Bertz CT molecular complexity index is 523. The molecule has 1 aromatic heterocycles. The summed E-state index contributed by atoms with van der Waals surface area (Å²) >= 11 is 1.61. The van der Waals surface area contributed by atoms with Crippen molar-refractivity contribution >= 4 is 17.2 Å². The van der Waals surface area contributed by atoms with Crippen LogP contribution in [0.25, 0.3) is 0 Å². The van der Waals surface area contributed by atoms with Gasteiger partial charge in [-0.2, -0.15) is 0 Å². The van der Waals surface area contributed by atoms with E-state index in [0.717, 1.165) is 28.5 Å². The van der Waals surface area contributed by atoms with Gasteiger partial charge in [-0.1, -0.05) is 0 Å². The maximum Gasteiger partial charge on any atom is 0.223 e. The van der Waals surface area contributed by atoms with E-state index in [4.69, 9.17) is 4.74 Å². The average molecular weight is 281 g/mol. The molecule has 1 N–H and O–H groups in total. The zero-order valence-corrected chi connectivity index (χ0v) is 12.3. The van der Waals surface area contributed by atoms with Gasteiger partial charge < -0.3 is 14.7 Å². The molecule has 4 nitrogen and oxygen atoms in total. The number of aryl methyl sites for hydroxylation is 1. The normalized spacial score (nSPS) is 29.3. The molecule has 2 atom stereocenters. The fourth-order valence-corrected chi connectivity index (χ4v) is 4.03. The molecule has 0 saturated carbocycles. The largest absolute Gasteiger partial charge is 0.484 e. The molecule has 3 heterocycles. The standard InChI is InChI=1S/C14H19NO3S/c1-8-7-9-12(19-8)11(13(17)14(2,3)18-9)15-6-4-5-10(15)16/h7,11,13,17H,4-6H2,1-3H3/t11-,13+/m0/s1. The van der Waals surface area contributed by atoms with E-state index in [9.17, 15) is 9.90 Å². The minimum atomic E-state index is -0.694. The van der Waals surface area contributed by atoms with E-state index in [2.05, 4.69) is 0 Å². The summed E-state index contributed by atoms with van der Waals surface area (Å²) in [6.45, 7) is 6.50. The van der Waals surface area contributed by atoms with Crippen LogP contribution in [-0.2, 0) is 4.79 Å². The SMILES string of the molecule is Cc1cc2c(s1)[C@H](N1CCCC1=O)[C@@H](O)C(C)(C)O2. The molecule has 104 valence electrons. The van der Waals surface area contributed by atoms with Gasteiger partial charge in [0, 0.05) is 17.8 Å². The van der Waals surface area contributed by atoms with E-state index in [1.165, 1.54) is 0 Å². The zero-order valence-electron chi connectivity index (χ0n) is 11.5. The maximum atomic E-state index is 12.0. The predicted molar refractivity (Wildman–Crippen MR) is 73.5 cm³/mol. The number of aliphatic hydroxyl groups is 1. The lowest BCUT2D eigenvalue weighted by Gasteiger charge is -2.43. The van der Waals surface area contributed by atoms with Gasteiger partial charge in [0.15, 0.2) is 0 Å². The quantitative estimate of drug-likeness (QED) is 0.859. The molecular formula is C14H19NO3S. The second-order valence-corrected chi connectivity index (χ2v) is 7.16. The average Bonchev–Trinajstić information content (AvgIpc) is 2.86. The molecular weight excluding hydrogens is 262 g/mol. The molecule has 2 aliphatic rings. The number of carbonyl (C=O) groups is 1. The summed E-state index contributed by atoms with van der Waals surface area (Å²) in [6, 6.07) is 1.74. The van der Waals surface area contributed by atoms with Crippen molar-refractivity contribution in [3.05, 3.63) is 15.8 Å². The molecule has 0 bridgehead atoms. The lowest BCUT2D eigenvalue weighted by Crippen LogP contribution is -2.53. The second-order valence-electron chi connectivity index (χ2n) is 5.87. The Morgan fingerprint density at radius 1 is 1.53 bits per heavy atom. The first kappa shape index (κ1) is 12.9. The minimum absolute atomic E-state index is 0.138. The summed E-state index contributed by atoms with van der Waals surface area (Å²) in [6.07, 6.45) is 0.771. The number of nitrogens with zero attached hydrogens (tertiary/aromatic N) is 1. The Morgan fingerprint density at radius 2 is 2.26 bits per heavy atom. The Balaban J connectivity index is 2.07. The molecule has 0 spiro atoms. The predicted octanol–water partition coefficient (Wildman–Crippen LogP) is 2.25. The number of amides is 1. The third kappa shape index (κ3) is 1.96. The van der Waals surface area contributed by atoms with Gasteiger partial charge in [-0.3, -0.25) is 4.79 Å². The van der Waals surface area contributed by atoms with E-state index in [1.54, 1.807) is 11.3 Å². The summed E-state index contributed by atoms with van der Waals surface area (Å²) in [7, 11) is 0. The van der Waals surface area contributed by atoms with E-state index in [-0.39, 0.29) is 11.9 Å². The molecule has 0 radical (unpaired) electrons. The summed E-state index contributed by atoms with van der Waals surface area (Å²) in [5.74, 6) is 0.959. The van der Waals surface area contributed by atoms with E-state index < -0.39 is 11.7 Å². The Labute approximate surface area is 117 Å². The third-order valence-corrected chi connectivity index (χ3v) is 5.05. The molecule has 0 aromatic carbocycles. The van der Waals surface area contributed by atoms with Crippen molar-refractivity contribution in [2.24, 2.45) is 0 Å². The van der Waals surface area contributed by atoms with Crippen molar-refractivity contribution in [2.45, 2.75) is 51.4 Å². The summed E-state index contributed by atoms with van der Waals surface area (Å²) in [4.78, 5) is 16.0. The molecule has 1 amide bonds. The molecule has 1 aromatic rings. The number of carbonyl (C=O) groups excluding carboxylic acids is 1. The number of ether oxygens (including phenoxy) is 1. The Morgan fingerprint density at radius 3 is 2.89 bits per heavy atom. The van der Waals surface area contributed by atoms with E-state index in [1.807, 2.05) is 31.7 Å². The molecule has 2 aliphatic heterocycles. The van der Waals surface area contributed by atoms with Gasteiger partial charge in [-0.25, -0.2) is 0 Å². The maximum absolute atomic E-state index is 12.0. The Hall–Kier alpha value is -1.07. The van der Waals surface area contributed by atoms with Crippen LogP contribution >= 0.6 is 11.3 Å². The van der Waals surface area contributed by atoms with Crippen LogP contribution in [0.1, 0.15) is 42.5 Å². The number of fused-ring (bicyclic) bond motifs is 1. The van der Waals surface area contributed by atoms with E-state index in [0.29, 0.717) is 6.42 Å². The molecule has 0 aliphatic carbocycles. The van der Waals surface area contributed by atoms with Crippen LogP contribution in [0, 0.1) is 6.92 Å². The number of aliphatic hydroxyl groups excluding tert-OH is 1. The molecule has 1 fully saturated rings. The second kappa shape index (κ2) is 4.21. The van der Waals surface area contributed by atoms with Crippen molar-refractivity contribution in [1.29, 1.82) is 0 Å². The van der Waals surface area contributed by atoms with Crippen LogP contribution in [0.5, 0.6) is 5.75 Å². The zero-order chi connectivity index (χ0) is 13.8. The van der Waals surface area contributed by atoms with Gasteiger partial charge >= 0.3 is 0 Å². The summed E-state index contributed by atoms with van der Waals surface area (Å²) in [5.41, 5.74) is -0.673. The number of hydrogen-bond donors (Lipinski definition) is 1. The number of rotatable bonds is 1. The number of hydrogen-bond acceptors (Lipinski definition) is 4. The first-order valence-corrected chi connectivity index (χ1v) is 7.48. The highest BCUT2D eigenvalue weighted by Gasteiger charge is 2.48. The molecule has 5 heteroatoms. The van der Waals surface area contributed by atoms with Gasteiger partial charge in [0.05, 0.1) is 10.9 Å². The van der Waals surface area contributed by atoms with Gasteiger partial charge in [-0.15, -0.1) is 11.3 Å². The molecule has 19 heavy (non-hydrogen) atoms. The van der Waals surface area contributed by atoms with Crippen molar-refractivity contribution in [3.8, 4) is 5.75 Å². The fourth-order valence-electron chi connectivity index (χ4n) is 2.94. The van der Waals surface area contributed by atoms with Gasteiger partial charge in [0.2, 0.25) is 5.91 Å². The van der Waals surface area contributed by atoms with Crippen LogP contribution in [-0.4, -0.2) is 34.2 Å². The molecule has 3 rings (SSSR count). The van der Waals surface area contributed by atoms with Gasteiger partial charge in [0.25, 0.3) is 0 Å². The Kier molecular flexibility index (Phi) is 2.87. The highest BCUT2D eigenvalue weighted by atomic mass is 32.1. The fraction of sp³-hybridized carbons (Fsp3) is 0.643. The minimum Gasteiger partial charge on any atom is -0.484 e. The molecule has 0 unspecified atom stereocenters. The smallest absolute Gasteiger partial charge is 0.223 e. The van der Waals surface area contributed by atoms with Crippen LogP contribution in [0.15, 0.2) is 6.07 Å². The van der Waals surface area contributed by atoms with Crippen molar-refractivity contribution < 1.29 is 14.6 Å². The lowest BCUT2D eigenvalue weighted by atomic mass is 9.90. The van der Waals surface area contributed by atoms with Crippen LogP contribution < -0.4 is 4.74 Å². The number of likely N-dealkylation sites (tertiary alicyclic amines) is 1. The van der Waals surface area contributed by atoms with Crippen LogP contribution in [0.4, 0.5) is 0 Å². The first-order valence-electron chi connectivity index (χ1n) is 6.67. The van der Waals surface area contributed by atoms with Gasteiger partial charge in [0.1, 0.15) is 17.5 Å². The topological polar surface area (TPSA) is 49.8 Å². The van der Waals surface area contributed by atoms with Crippen molar-refractivity contribution in [2.75, 3.05) is 6.54 Å². The highest BCUT2D eigenvalue weighted by Crippen LogP contribution is 2.47. The van der Waals surface area contributed by atoms with E-state index >= 15 is 0 Å². The summed E-state index contributed by atoms with van der Waals surface area (Å²) < 4.78 is 5.90. The van der Waals surface area contributed by atoms with Crippen LogP contribution in [0.2, 0.25) is 0 Å². The van der Waals surface area contributed by atoms with Crippen molar-refractivity contribution in [1.82, 2.24) is 4.90 Å². The first-order chi connectivity index (χ1) is 8.90. The van der Waals surface area contributed by atoms with Crippen molar-refractivity contribution in [3.63, 3.8) is 0 Å². The van der Waals surface area contributed by atoms with Crippen LogP contribution in [0.3, 0.4) is 0 Å². The summed E-state index contributed by atoms with van der Waals surface area (Å²) in [5, 5.41) is 10.6. The lowest BCUT2D eigenvalue weighted by molar-refractivity contribution is -0.139. The van der Waals surface area contributed by atoms with Gasteiger partial charge in [-0.05, 0) is 33.3 Å². The highest BCUT2D eigenvalue weighted by molar-refractivity contribution is 7.12. The third-order valence-electron chi connectivity index (χ3n) is 3.95. The number of thiophene rings is 1. The monoisotopic (exact) mass is 281 g/mol.